The minimum atomic E-state index is -0.772. The lowest BCUT2D eigenvalue weighted by Crippen LogP contribution is -2.38. The average molecular weight is 277 g/mol. The van der Waals surface area contributed by atoms with E-state index in [0.717, 1.165) is 0 Å². The van der Waals surface area contributed by atoms with Crippen molar-refractivity contribution in [3.8, 4) is 0 Å². The van der Waals surface area contributed by atoms with Gasteiger partial charge in [0.25, 0.3) is 0 Å². The van der Waals surface area contributed by atoms with Crippen molar-refractivity contribution in [3.63, 3.8) is 0 Å². The molecular weight excluding hydrogens is 256 g/mol. The highest BCUT2D eigenvalue weighted by Gasteiger charge is 2.31. The van der Waals surface area contributed by atoms with Crippen molar-refractivity contribution in [2.24, 2.45) is 0 Å². The zero-order valence-electron chi connectivity index (χ0n) is 11.6. The zero-order chi connectivity index (χ0) is 14.0. The summed E-state index contributed by atoms with van der Waals surface area (Å²) in [6.45, 7) is 9.06. The van der Waals surface area contributed by atoms with Gasteiger partial charge in [-0.2, -0.15) is 0 Å². The number of ether oxygens (including phenoxy) is 3. The SMILES string of the molecule is CC(C)(C)OC(=O)CC1=CC(CCl)OC(C)(C)O1. The Morgan fingerprint density at radius 1 is 1.50 bits per heavy atom. The number of alkyl halides is 1. The molecule has 0 aromatic heterocycles. The van der Waals surface area contributed by atoms with Gasteiger partial charge in [0.05, 0.1) is 12.0 Å². The second kappa shape index (κ2) is 5.49. The molecule has 5 heteroatoms. The van der Waals surface area contributed by atoms with E-state index in [-0.39, 0.29) is 18.5 Å². The van der Waals surface area contributed by atoms with Crippen LogP contribution in [0.1, 0.15) is 41.0 Å². The van der Waals surface area contributed by atoms with Gasteiger partial charge in [-0.25, -0.2) is 0 Å². The van der Waals surface area contributed by atoms with Gasteiger partial charge in [-0.05, 0) is 26.8 Å². The Kier molecular flexibility index (Phi) is 4.67. The molecular formula is C13H21ClO4. The van der Waals surface area contributed by atoms with Crippen LogP contribution in [0.3, 0.4) is 0 Å². The molecule has 0 fully saturated rings. The van der Waals surface area contributed by atoms with Crippen LogP contribution in [-0.2, 0) is 19.0 Å². The quantitative estimate of drug-likeness (QED) is 0.587. The van der Waals surface area contributed by atoms with Crippen LogP contribution in [0.25, 0.3) is 0 Å². The summed E-state index contributed by atoms with van der Waals surface area (Å²) >= 11 is 5.77. The van der Waals surface area contributed by atoms with Gasteiger partial charge in [-0.15, -0.1) is 11.6 Å². The number of hydrogen-bond donors (Lipinski definition) is 0. The first-order valence-corrected chi connectivity index (χ1v) is 6.50. The van der Waals surface area contributed by atoms with E-state index in [1.54, 1.807) is 19.9 Å². The largest absolute Gasteiger partial charge is 0.467 e. The van der Waals surface area contributed by atoms with Crippen molar-refractivity contribution in [3.05, 3.63) is 11.8 Å². The summed E-state index contributed by atoms with van der Waals surface area (Å²) < 4.78 is 16.4. The van der Waals surface area contributed by atoms with E-state index < -0.39 is 11.4 Å². The fourth-order valence-corrected chi connectivity index (χ4v) is 1.82. The molecule has 1 unspecified atom stereocenters. The maximum Gasteiger partial charge on any atom is 0.313 e. The summed E-state index contributed by atoms with van der Waals surface area (Å²) in [4.78, 5) is 11.7. The third kappa shape index (κ3) is 5.27. The summed E-state index contributed by atoms with van der Waals surface area (Å²) in [6.07, 6.45) is 1.58. The molecule has 0 aromatic carbocycles. The molecule has 4 nitrogen and oxygen atoms in total. The van der Waals surface area contributed by atoms with Crippen LogP contribution in [0.15, 0.2) is 11.8 Å². The van der Waals surface area contributed by atoms with E-state index in [0.29, 0.717) is 11.6 Å². The Morgan fingerprint density at radius 2 is 2.11 bits per heavy atom. The summed E-state index contributed by atoms with van der Waals surface area (Å²) in [5, 5.41) is 0. The Morgan fingerprint density at radius 3 is 2.61 bits per heavy atom. The highest BCUT2D eigenvalue weighted by atomic mass is 35.5. The Labute approximate surface area is 113 Å². The van der Waals surface area contributed by atoms with Gasteiger partial charge in [0.2, 0.25) is 5.79 Å². The number of carbonyl (C=O) groups is 1. The van der Waals surface area contributed by atoms with Gasteiger partial charge in [-0.3, -0.25) is 4.79 Å². The van der Waals surface area contributed by atoms with Crippen LogP contribution in [-0.4, -0.2) is 29.3 Å². The van der Waals surface area contributed by atoms with Crippen LogP contribution in [0.2, 0.25) is 0 Å². The summed E-state index contributed by atoms with van der Waals surface area (Å²) in [5.74, 6) is -0.220. The first-order valence-electron chi connectivity index (χ1n) is 5.97. The molecule has 1 heterocycles. The molecule has 104 valence electrons. The first kappa shape index (κ1) is 15.3. The van der Waals surface area contributed by atoms with Crippen molar-refractivity contribution in [1.82, 2.24) is 0 Å². The fraction of sp³-hybridized carbons (Fsp3) is 0.769. The molecule has 0 amide bonds. The van der Waals surface area contributed by atoms with E-state index in [2.05, 4.69) is 0 Å². The number of halogens is 1. The highest BCUT2D eigenvalue weighted by molar-refractivity contribution is 6.18. The molecule has 0 saturated heterocycles. The van der Waals surface area contributed by atoms with E-state index >= 15 is 0 Å². The maximum atomic E-state index is 11.7. The predicted octanol–water partition coefficient (Wildman–Crippen LogP) is 2.99. The Bertz CT molecular complexity index is 341. The van der Waals surface area contributed by atoms with Crippen LogP contribution in [0, 0.1) is 0 Å². The topological polar surface area (TPSA) is 44.8 Å². The van der Waals surface area contributed by atoms with Crippen molar-refractivity contribution in [2.75, 3.05) is 5.88 Å². The summed E-state index contributed by atoms with van der Waals surface area (Å²) in [7, 11) is 0. The van der Waals surface area contributed by atoms with Crippen molar-refractivity contribution < 1.29 is 19.0 Å². The Balaban J connectivity index is 2.66. The molecule has 1 rings (SSSR count). The van der Waals surface area contributed by atoms with Crippen LogP contribution >= 0.6 is 11.6 Å². The third-order valence-corrected chi connectivity index (χ3v) is 2.38. The Hall–Kier alpha value is -0.740. The molecule has 0 radical (unpaired) electrons. The molecule has 0 bridgehead atoms. The van der Waals surface area contributed by atoms with E-state index in [1.165, 1.54) is 0 Å². The van der Waals surface area contributed by atoms with E-state index in [9.17, 15) is 4.79 Å². The van der Waals surface area contributed by atoms with E-state index in [4.69, 9.17) is 25.8 Å². The van der Waals surface area contributed by atoms with Gasteiger partial charge < -0.3 is 14.2 Å². The summed E-state index contributed by atoms with van der Waals surface area (Å²) in [6, 6.07) is 0. The highest BCUT2D eigenvalue weighted by Crippen LogP contribution is 2.27. The minimum Gasteiger partial charge on any atom is -0.467 e. The van der Waals surface area contributed by atoms with Crippen LogP contribution in [0.5, 0.6) is 0 Å². The van der Waals surface area contributed by atoms with Gasteiger partial charge in [0, 0.05) is 13.8 Å². The lowest BCUT2D eigenvalue weighted by Gasteiger charge is -2.35. The number of rotatable bonds is 3. The molecule has 0 spiro atoms. The maximum absolute atomic E-state index is 11.7. The number of esters is 1. The predicted molar refractivity (Wildman–Crippen MR) is 69.3 cm³/mol. The van der Waals surface area contributed by atoms with Crippen molar-refractivity contribution >= 4 is 17.6 Å². The van der Waals surface area contributed by atoms with Crippen LogP contribution in [0.4, 0.5) is 0 Å². The molecule has 1 aliphatic rings. The molecule has 0 aromatic rings. The molecule has 0 N–H and O–H groups in total. The molecule has 1 atom stereocenters. The second-order valence-electron chi connectivity index (χ2n) is 5.71. The minimum absolute atomic E-state index is 0.0947. The van der Waals surface area contributed by atoms with E-state index in [1.807, 2.05) is 20.8 Å². The smallest absolute Gasteiger partial charge is 0.313 e. The van der Waals surface area contributed by atoms with Gasteiger partial charge in [-0.1, -0.05) is 0 Å². The normalized spacial score (nSPS) is 23.0. The number of hydrogen-bond acceptors (Lipinski definition) is 4. The second-order valence-corrected chi connectivity index (χ2v) is 6.02. The lowest BCUT2D eigenvalue weighted by molar-refractivity contribution is -0.220. The van der Waals surface area contributed by atoms with Gasteiger partial charge in [0.1, 0.15) is 17.8 Å². The monoisotopic (exact) mass is 276 g/mol. The van der Waals surface area contributed by atoms with Crippen molar-refractivity contribution in [1.29, 1.82) is 0 Å². The third-order valence-electron chi connectivity index (χ3n) is 2.07. The molecule has 0 aliphatic carbocycles. The van der Waals surface area contributed by atoms with Gasteiger partial charge in [0.15, 0.2) is 0 Å². The molecule has 1 aliphatic heterocycles. The zero-order valence-corrected chi connectivity index (χ0v) is 12.3. The fourth-order valence-electron chi connectivity index (χ4n) is 1.67. The summed E-state index contributed by atoms with van der Waals surface area (Å²) in [5.41, 5.74) is -0.496. The lowest BCUT2D eigenvalue weighted by atomic mass is 10.2. The van der Waals surface area contributed by atoms with Crippen molar-refractivity contribution in [2.45, 2.75) is 58.5 Å². The number of carbonyl (C=O) groups excluding carboxylic acids is 1. The first-order chi connectivity index (χ1) is 8.11. The van der Waals surface area contributed by atoms with Gasteiger partial charge >= 0.3 is 5.97 Å². The van der Waals surface area contributed by atoms with Crippen LogP contribution < -0.4 is 0 Å². The average Bonchev–Trinajstić information content (AvgIpc) is 2.11. The molecule has 0 saturated carbocycles. The molecule has 18 heavy (non-hydrogen) atoms. The standard InChI is InChI=1S/C13H21ClO4/c1-12(2,3)18-11(15)7-9-6-10(8-14)17-13(4,5)16-9/h6,10H,7-8H2,1-5H3.